The van der Waals surface area contributed by atoms with Crippen LogP contribution in [0.4, 0.5) is 13.2 Å². The Balaban J connectivity index is 1.14. The van der Waals surface area contributed by atoms with Crippen molar-refractivity contribution in [3.05, 3.63) is 101 Å². The predicted molar refractivity (Wildman–Crippen MR) is 198 cm³/mol. The summed E-state index contributed by atoms with van der Waals surface area (Å²) in [6.45, 7) is 4.32. The summed E-state index contributed by atoms with van der Waals surface area (Å²) >= 11 is 0. The standard InChI is InChI=1S/C45H57F3/c1-3-5-7-8-9-10-11-13-15-39-28-31-42(45(48)44(39)47)38-26-22-36(23-27-38)40-29-30-41(43(46)32-40)37-24-20-35(21-25-37)34-18-16-33(17-19-34)14-12-6-4-2/h4,6,22-24,26-35H,3,5,7-21,25H2,1-2H3/b6-4+. The van der Waals surface area contributed by atoms with Crippen LogP contribution in [-0.4, -0.2) is 0 Å². The summed E-state index contributed by atoms with van der Waals surface area (Å²) in [7, 11) is 0. The van der Waals surface area contributed by atoms with Gasteiger partial charge in [-0.15, -0.1) is 0 Å². The fourth-order valence-corrected chi connectivity index (χ4v) is 8.23. The van der Waals surface area contributed by atoms with E-state index in [9.17, 15) is 4.39 Å². The van der Waals surface area contributed by atoms with Crippen molar-refractivity contribution in [3.8, 4) is 22.3 Å². The van der Waals surface area contributed by atoms with E-state index in [4.69, 9.17) is 0 Å². The first kappa shape index (κ1) is 36.2. The van der Waals surface area contributed by atoms with Crippen molar-refractivity contribution in [2.45, 2.75) is 129 Å². The second kappa shape index (κ2) is 18.6. The third kappa shape index (κ3) is 9.76. The van der Waals surface area contributed by atoms with Crippen LogP contribution in [-0.2, 0) is 6.42 Å². The Morgan fingerprint density at radius 3 is 2.00 bits per heavy atom. The largest absolute Gasteiger partial charge is 0.206 e. The smallest absolute Gasteiger partial charge is 0.166 e. The van der Waals surface area contributed by atoms with E-state index in [1.807, 2.05) is 24.3 Å². The van der Waals surface area contributed by atoms with Crippen molar-refractivity contribution < 1.29 is 13.2 Å². The number of allylic oxidation sites excluding steroid dienone is 4. The molecule has 0 amide bonds. The lowest BCUT2D eigenvalue weighted by Gasteiger charge is -2.35. The Morgan fingerprint density at radius 1 is 0.667 bits per heavy atom. The Labute approximate surface area is 289 Å². The summed E-state index contributed by atoms with van der Waals surface area (Å²) in [4.78, 5) is 0. The number of aryl methyl sites for hydroxylation is 1. The number of unbranched alkanes of at least 4 members (excludes halogenated alkanes) is 7. The summed E-state index contributed by atoms with van der Waals surface area (Å²) in [5, 5.41) is 0. The maximum Gasteiger partial charge on any atom is 0.166 e. The molecule has 3 aromatic carbocycles. The first-order valence-corrected chi connectivity index (χ1v) is 19.2. The SMILES string of the molecule is C/C=C/CCC1CCC(C2CC=C(c3ccc(-c4ccc(-c5ccc(CCCCCCCCCC)c(F)c5F)cc4)cc3F)CC2)CC1. The molecule has 0 spiro atoms. The number of halogens is 3. The van der Waals surface area contributed by atoms with E-state index in [0.717, 1.165) is 73.0 Å². The van der Waals surface area contributed by atoms with E-state index in [2.05, 4.69) is 32.1 Å². The van der Waals surface area contributed by atoms with E-state index in [1.165, 1.54) is 70.6 Å². The van der Waals surface area contributed by atoms with Crippen LogP contribution in [0.2, 0.25) is 0 Å². The molecule has 2 aliphatic rings. The van der Waals surface area contributed by atoms with Gasteiger partial charge in [0.25, 0.3) is 0 Å². The summed E-state index contributed by atoms with van der Waals surface area (Å²) in [6.07, 6.45) is 27.9. The third-order valence-corrected chi connectivity index (χ3v) is 11.3. The molecule has 0 bridgehead atoms. The summed E-state index contributed by atoms with van der Waals surface area (Å²) in [6, 6.07) is 16.3. The fourth-order valence-electron chi connectivity index (χ4n) is 8.23. The molecule has 0 aliphatic heterocycles. The predicted octanol–water partition coefficient (Wildman–Crippen LogP) is 14.5. The average molecular weight is 655 g/mol. The highest BCUT2D eigenvalue weighted by Gasteiger charge is 2.29. The Kier molecular flexibility index (Phi) is 14.1. The molecule has 0 N–H and O–H groups in total. The monoisotopic (exact) mass is 654 g/mol. The molecule has 1 atom stereocenters. The maximum absolute atomic E-state index is 15.5. The maximum atomic E-state index is 15.5. The highest BCUT2D eigenvalue weighted by Crippen LogP contribution is 2.42. The van der Waals surface area contributed by atoms with Gasteiger partial charge in [0.15, 0.2) is 11.6 Å². The van der Waals surface area contributed by atoms with E-state index in [0.29, 0.717) is 23.1 Å². The summed E-state index contributed by atoms with van der Waals surface area (Å²) in [5.41, 5.74) is 4.83. The van der Waals surface area contributed by atoms with Gasteiger partial charge in [-0.1, -0.05) is 131 Å². The topological polar surface area (TPSA) is 0 Å². The number of benzene rings is 3. The molecule has 0 radical (unpaired) electrons. The minimum Gasteiger partial charge on any atom is -0.206 e. The second-order valence-corrected chi connectivity index (χ2v) is 14.6. The average Bonchev–Trinajstić information content (AvgIpc) is 3.12. The lowest BCUT2D eigenvalue weighted by atomic mass is 9.70. The van der Waals surface area contributed by atoms with Gasteiger partial charge in [0, 0.05) is 11.1 Å². The van der Waals surface area contributed by atoms with Gasteiger partial charge in [0.1, 0.15) is 5.82 Å². The van der Waals surface area contributed by atoms with E-state index < -0.39 is 11.6 Å². The van der Waals surface area contributed by atoms with Crippen molar-refractivity contribution >= 4 is 5.57 Å². The molecule has 0 saturated heterocycles. The molecule has 5 rings (SSSR count). The molecule has 1 fully saturated rings. The van der Waals surface area contributed by atoms with Crippen LogP contribution in [0.3, 0.4) is 0 Å². The summed E-state index contributed by atoms with van der Waals surface area (Å²) < 4.78 is 45.6. The van der Waals surface area contributed by atoms with Crippen LogP contribution in [0.1, 0.15) is 134 Å². The number of hydrogen-bond donors (Lipinski definition) is 0. The zero-order valence-corrected chi connectivity index (χ0v) is 29.5. The Morgan fingerprint density at radius 2 is 1.33 bits per heavy atom. The van der Waals surface area contributed by atoms with Gasteiger partial charge in [-0.3, -0.25) is 0 Å². The van der Waals surface area contributed by atoms with Gasteiger partial charge in [-0.2, -0.15) is 0 Å². The zero-order valence-electron chi connectivity index (χ0n) is 29.5. The molecule has 3 aromatic rings. The minimum absolute atomic E-state index is 0.192. The fraction of sp³-hybridized carbons (Fsp3) is 0.511. The van der Waals surface area contributed by atoms with Gasteiger partial charge >= 0.3 is 0 Å². The van der Waals surface area contributed by atoms with Crippen molar-refractivity contribution in [3.63, 3.8) is 0 Å². The molecule has 1 unspecified atom stereocenters. The third-order valence-electron chi connectivity index (χ3n) is 11.3. The van der Waals surface area contributed by atoms with E-state index in [1.54, 1.807) is 30.3 Å². The zero-order chi connectivity index (χ0) is 33.7. The molecular formula is C45H57F3. The molecule has 1 saturated carbocycles. The van der Waals surface area contributed by atoms with Gasteiger partial charge in [-0.05, 0) is 116 Å². The van der Waals surface area contributed by atoms with E-state index in [-0.39, 0.29) is 11.4 Å². The lowest BCUT2D eigenvalue weighted by molar-refractivity contribution is 0.190. The summed E-state index contributed by atoms with van der Waals surface area (Å²) in [5.74, 6) is 0.729. The first-order chi connectivity index (χ1) is 23.5. The highest BCUT2D eigenvalue weighted by atomic mass is 19.2. The molecule has 48 heavy (non-hydrogen) atoms. The van der Waals surface area contributed by atoms with Crippen LogP contribution in [0, 0.1) is 35.2 Å². The van der Waals surface area contributed by atoms with E-state index >= 15 is 8.78 Å². The quantitative estimate of drug-likeness (QED) is 0.106. The molecule has 0 heterocycles. The molecule has 0 nitrogen and oxygen atoms in total. The molecule has 0 aromatic heterocycles. The van der Waals surface area contributed by atoms with Crippen molar-refractivity contribution in [2.24, 2.45) is 17.8 Å². The normalized spacial score (nSPS) is 19.9. The highest BCUT2D eigenvalue weighted by molar-refractivity contribution is 5.74. The lowest BCUT2D eigenvalue weighted by Crippen LogP contribution is -2.23. The Bertz CT molecular complexity index is 1490. The van der Waals surface area contributed by atoms with Crippen LogP contribution < -0.4 is 0 Å². The minimum atomic E-state index is -0.786. The number of hydrogen-bond acceptors (Lipinski definition) is 0. The molecule has 258 valence electrons. The van der Waals surface area contributed by atoms with Gasteiger partial charge in [0.05, 0.1) is 0 Å². The Hall–Kier alpha value is -3.07. The van der Waals surface area contributed by atoms with Crippen molar-refractivity contribution in [1.82, 2.24) is 0 Å². The van der Waals surface area contributed by atoms with Gasteiger partial charge in [0.2, 0.25) is 0 Å². The molecule has 3 heteroatoms. The van der Waals surface area contributed by atoms with Crippen LogP contribution in [0.5, 0.6) is 0 Å². The number of rotatable bonds is 16. The van der Waals surface area contributed by atoms with Crippen molar-refractivity contribution in [2.75, 3.05) is 0 Å². The molecular weight excluding hydrogens is 597 g/mol. The van der Waals surface area contributed by atoms with Gasteiger partial charge < -0.3 is 0 Å². The van der Waals surface area contributed by atoms with Gasteiger partial charge in [-0.25, -0.2) is 13.2 Å². The van der Waals surface area contributed by atoms with Crippen LogP contribution in [0.15, 0.2) is 72.8 Å². The van der Waals surface area contributed by atoms with Crippen LogP contribution in [0.25, 0.3) is 27.8 Å². The second-order valence-electron chi connectivity index (χ2n) is 14.6. The van der Waals surface area contributed by atoms with Crippen LogP contribution >= 0.6 is 0 Å². The van der Waals surface area contributed by atoms with Crippen molar-refractivity contribution in [1.29, 1.82) is 0 Å². The first-order valence-electron chi connectivity index (χ1n) is 19.2. The molecule has 2 aliphatic carbocycles.